The van der Waals surface area contributed by atoms with Crippen LogP contribution in [0.5, 0.6) is 0 Å². The van der Waals surface area contributed by atoms with Crippen LogP contribution in [0.3, 0.4) is 0 Å². The molecule has 1 heterocycles. The molecule has 0 radical (unpaired) electrons. The molecule has 84 valence electrons. The zero-order valence-electron chi connectivity index (χ0n) is 10.0. The highest BCUT2D eigenvalue weighted by Gasteiger charge is 2.01. The van der Waals surface area contributed by atoms with Crippen molar-refractivity contribution in [2.75, 3.05) is 6.26 Å². The summed E-state index contributed by atoms with van der Waals surface area (Å²) in [6, 6.07) is 10.8. The van der Waals surface area contributed by atoms with Crippen LogP contribution < -0.4 is 0 Å². The molecule has 0 aliphatic rings. The summed E-state index contributed by atoms with van der Waals surface area (Å²) in [6.45, 7) is 4.50. The van der Waals surface area contributed by atoms with Crippen molar-refractivity contribution in [3.05, 3.63) is 35.9 Å². The monoisotopic (exact) mass is 231 g/mol. The van der Waals surface area contributed by atoms with Crippen molar-refractivity contribution >= 4 is 22.7 Å². The fraction of sp³-hybridized carbons (Fsp3) is 0.357. The Morgan fingerprint density at radius 3 is 2.69 bits per heavy atom. The van der Waals surface area contributed by atoms with E-state index >= 15 is 0 Å². The summed E-state index contributed by atoms with van der Waals surface area (Å²) in [7, 11) is 0. The Hall–Kier alpha value is -1.02. The van der Waals surface area contributed by atoms with Gasteiger partial charge in [-0.1, -0.05) is 26.0 Å². The summed E-state index contributed by atoms with van der Waals surface area (Å²) in [6.07, 6.45) is 3.20. The smallest absolute Gasteiger partial charge is 0.0964 e. The summed E-state index contributed by atoms with van der Waals surface area (Å²) < 4.78 is 0. The molecule has 0 saturated heterocycles. The minimum Gasteiger partial charge on any atom is -0.242 e. The zero-order valence-corrected chi connectivity index (χ0v) is 10.8. The van der Waals surface area contributed by atoms with E-state index < -0.39 is 0 Å². The summed E-state index contributed by atoms with van der Waals surface area (Å²) in [5, 5.41) is 2.33. The maximum atomic E-state index is 4.58. The fourth-order valence-corrected chi connectivity index (χ4v) is 2.26. The molecule has 0 fully saturated rings. The van der Waals surface area contributed by atoms with Gasteiger partial charge in [0.15, 0.2) is 0 Å². The lowest BCUT2D eigenvalue weighted by Crippen LogP contribution is -1.94. The van der Waals surface area contributed by atoms with Crippen LogP contribution in [0, 0.1) is 5.92 Å². The first kappa shape index (κ1) is 11.5. The van der Waals surface area contributed by atoms with E-state index in [0.29, 0.717) is 5.92 Å². The van der Waals surface area contributed by atoms with Crippen LogP contribution in [0.2, 0.25) is 0 Å². The SMILES string of the molecule is CSc1ccc2cc(CC(C)C)ccc2n1. The molecule has 1 aromatic heterocycles. The molecule has 0 aliphatic heterocycles. The lowest BCUT2D eigenvalue weighted by Gasteiger charge is -2.06. The Morgan fingerprint density at radius 2 is 2.00 bits per heavy atom. The van der Waals surface area contributed by atoms with Gasteiger partial charge in [-0.2, -0.15) is 0 Å². The molecule has 2 heteroatoms. The predicted molar refractivity (Wildman–Crippen MR) is 72.1 cm³/mol. The number of aromatic nitrogens is 1. The van der Waals surface area contributed by atoms with Crippen LogP contribution >= 0.6 is 11.8 Å². The Balaban J connectivity index is 2.39. The molecule has 0 atom stereocenters. The second kappa shape index (κ2) is 4.88. The van der Waals surface area contributed by atoms with Gasteiger partial charge in [0.25, 0.3) is 0 Å². The van der Waals surface area contributed by atoms with Gasteiger partial charge in [0.2, 0.25) is 0 Å². The van der Waals surface area contributed by atoms with E-state index in [9.17, 15) is 0 Å². The van der Waals surface area contributed by atoms with Gasteiger partial charge in [-0.05, 0) is 42.4 Å². The van der Waals surface area contributed by atoms with Crippen molar-refractivity contribution in [3.63, 3.8) is 0 Å². The Labute approximate surface area is 101 Å². The minimum absolute atomic E-state index is 0.705. The Bertz CT molecular complexity index is 491. The first-order valence-corrected chi connectivity index (χ1v) is 6.85. The van der Waals surface area contributed by atoms with Gasteiger partial charge >= 0.3 is 0 Å². The largest absolute Gasteiger partial charge is 0.242 e. The van der Waals surface area contributed by atoms with E-state index in [2.05, 4.69) is 55.4 Å². The number of benzene rings is 1. The third-order valence-corrected chi connectivity index (χ3v) is 3.23. The molecule has 0 unspecified atom stereocenters. The highest BCUT2D eigenvalue weighted by Crippen LogP contribution is 2.20. The standard InChI is InChI=1S/C14H17NS/c1-10(2)8-11-4-6-13-12(9-11)5-7-14(15-13)16-3/h4-7,9-10H,8H2,1-3H3. The topological polar surface area (TPSA) is 12.9 Å². The highest BCUT2D eigenvalue weighted by atomic mass is 32.2. The lowest BCUT2D eigenvalue weighted by atomic mass is 10.0. The van der Waals surface area contributed by atoms with Crippen LogP contribution in [0.15, 0.2) is 35.4 Å². The van der Waals surface area contributed by atoms with Crippen molar-refractivity contribution in [2.24, 2.45) is 5.92 Å². The molecule has 2 rings (SSSR count). The molecular formula is C14H17NS. The second-order valence-corrected chi connectivity index (χ2v) is 5.31. The van der Waals surface area contributed by atoms with E-state index in [0.717, 1.165) is 17.0 Å². The zero-order chi connectivity index (χ0) is 11.5. The molecule has 1 aromatic carbocycles. The van der Waals surface area contributed by atoms with E-state index in [1.54, 1.807) is 11.8 Å². The van der Waals surface area contributed by atoms with Crippen LogP contribution in [0.25, 0.3) is 10.9 Å². The second-order valence-electron chi connectivity index (χ2n) is 4.48. The van der Waals surface area contributed by atoms with Gasteiger partial charge in [-0.25, -0.2) is 4.98 Å². The molecule has 0 aliphatic carbocycles. The van der Waals surface area contributed by atoms with Gasteiger partial charge in [-0.3, -0.25) is 0 Å². The molecule has 1 nitrogen and oxygen atoms in total. The number of hydrogen-bond acceptors (Lipinski definition) is 2. The summed E-state index contributed by atoms with van der Waals surface area (Å²) >= 11 is 1.69. The van der Waals surface area contributed by atoms with Gasteiger partial charge in [0, 0.05) is 5.39 Å². The molecule has 16 heavy (non-hydrogen) atoms. The summed E-state index contributed by atoms with van der Waals surface area (Å²) in [5.41, 5.74) is 2.50. The molecule has 0 saturated carbocycles. The van der Waals surface area contributed by atoms with Gasteiger partial charge in [0.05, 0.1) is 10.5 Å². The summed E-state index contributed by atoms with van der Waals surface area (Å²) in [4.78, 5) is 4.58. The third-order valence-electron chi connectivity index (χ3n) is 2.58. The van der Waals surface area contributed by atoms with Crippen LogP contribution in [-0.4, -0.2) is 11.2 Å². The number of thioether (sulfide) groups is 1. The van der Waals surface area contributed by atoms with Crippen molar-refractivity contribution in [1.82, 2.24) is 4.98 Å². The average molecular weight is 231 g/mol. The van der Waals surface area contributed by atoms with Crippen molar-refractivity contribution in [2.45, 2.75) is 25.3 Å². The highest BCUT2D eigenvalue weighted by molar-refractivity contribution is 7.98. The van der Waals surface area contributed by atoms with Crippen molar-refractivity contribution in [3.8, 4) is 0 Å². The first-order chi connectivity index (χ1) is 7.69. The van der Waals surface area contributed by atoms with E-state index in [4.69, 9.17) is 0 Å². The Kier molecular flexibility index (Phi) is 3.49. The van der Waals surface area contributed by atoms with Gasteiger partial charge in [-0.15, -0.1) is 11.8 Å². The number of nitrogens with zero attached hydrogens (tertiary/aromatic N) is 1. The first-order valence-electron chi connectivity index (χ1n) is 5.62. The fourth-order valence-electron chi connectivity index (χ4n) is 1.87. The van der Waals surface area contributed by atoms with E-state index in [1.807, 2.05) is 0 Å². The molecule has 0 bridgehead atoms. The average Bonchev–Trinajstić information content (AvgIpc) is 2.27. The quantitative estimate of drug-likeness (QED) is 0.736. The number of pyridine rings is 1. The van der Waals surface area contributed by atoms with Crippen molar-refractivity contribution in [1.29, 1.82) is 0 Å². The number of hydrogen-bond donors (Lipinski definition) is 0. The van der Waals surface area contributed by atoms with Gasteiger partial charge < -0.3 is 0 Å². The molecule has 2 aromatic rings. The molecule has 0 N–H and O–H groups in total. The maximum Gasteiger partial charge on any atom is 0.0964 e. The van der Waals surface area contributed by atoms with Crippen LogP contribution in [0.4, 0.5) is 0 Å². The minimum atomic E-state index is 0.705. The van der Waals surface area contributed by atoms with E-state index in [1.165, 1.54) is 10.9 Å². The number of rotatable bonds is 3. The van der Waals surface area contributed by atoms with Crippen molar-refractivity contribution < 1.29 is 0 Å². The maximum absolute atomic E-state index is 4.58. The normalized spacial score (nSPS) is 11.2. The number of fused-ring (bicyclic) bond motifs is 1. The molecule has 0 amide bonds. The van der Waals surface area contributed by atoms with Gasteiger partial charge in [0.1, 0.15) is 0 Å². The predicted octanol–water partition coefficient (Wildman–Crippen LogP) is 4.16. The third kappa shape index (κ3) is 2.56. The Morgan fingerprint density at radius 1 is 1.19 bits per heavy atom. The molecule has 0 spiro atoms. The van der Waals surface area contributed by atoms with E-state index in [-0.39, 0.29) is 0 Å². The van der Waals surface area contributed by atoms with Crippen LogP contribution in [-0.2, 0) is 6.42 Å². The molecular weight excluding hydrogens is 214 g/mol. The van der Waals surface area contributed by atoms with Crippen LogP contribution in [0.1, 0.15) is 19.4 Å². The lowest BCUT2D eigenvalue weighted by molar-refractivity contribution is 0.648. The summed E-state index contributed by atoms with van der Waals surface area (Å²) in [5.74, 6) is 0.705.